The third-order valence-electron chi connectivity index (χ3n) is 9.35. The molecule has 4 atom stereocenters. The van der Waals surface area contributed by atoms with Crippen LogP contribution in [-0.2, 0) is 0 Å². The molecule has 2 aromatic heterocycles. The van der Waals surface area contributed by atoms with E-state index in [0.717, 1.165) is 49.9 Å². The first-order chi connectivity index (χ1) is 19.4. The SMILES string of the molecule is N#CC1CCCN(c2ccc3c(=O)c(C(=O)NC4=C5CCC6CC(C4)CC56)cn(-c4ccc(F)cc4F)c3n2)C1. The number of piperidine rings is 1. The van der Waals surface area contributed by atoms with Crippen molar-refractivity contribution in [2.45, 2.75) is 44.9 Å². The van der Waals surface area contributed by atoms with Crippen molar-refractivity contribution < 1.29 is 13.6 Å². The van der Waals surface area contributed by atoms with E-state index in [1.807, 2.05) is 4.90 Å². The molecular formula is C31H29F2N5O2. The number of hydrogen-bond donors (Lipinski definition) is 1. The molecule has 1 saturated heterocycles. The van der Waals surface area contributed by atoms with E-state index < -0.39 is 23.0 Å². The van der Waals surface area contributed by atoms with Crippen LogP contribution in [0.25, 0.3) is 16.7 Å². The summed E-state index contributed by atoms with van der Waals surface area (Å²) in [4.78, 5) is 34.0. The van der Waals surface area contributed by atoms with Gasteiger partial charge in [0.05, 0.1) is 23.1 Å². The highest BCUT2D eigenvalue weighted by atomic mass is 19.1. The molecule has 3 heterocycles. The van der Waals surface area contributed by atoms with Gasteiger partial charge in [0.1, 0.15) is 23.0 Å². The number of fused-ring (bicyclic) bond motifs is 2. The van der Waals surface area contributed by atoms with Crippen LogP contribution in [-0.4, -0.2) is 28.5 Å². The normalized spacial score (nSPS) is 25.4. The Morgan fingerprint density at radius 2 is 2.02 bits per heavy atom. The van der Waals surface area contributed by atoms with Crippen LogP contribution in [0.1, 0.15) is 55.3 Å². The molecule has 7 rings (SSSR count). The Bertz CT molecular complexity index is 1690. The monoisotopic (exact) mass is 541 g/mol. The zero-order valence-electron chi connectivity index (χ0n) is 22.0. The smallest absolute Gasteiger partial charge is 0.260 e. The Kier molecular flexibility index (Phi) is 5.95. The summed E-state index contributed by atoms with van der Waals surface area (Å²) < 4.78 is 30.3. The highest BCUT2D eigenvalue weighted by Crippen LogP contribution is 2.55. The van der Waals surface area contributed by atoms with Crippen molar-refractivity contribution in [3.63, 3.8) is 0 Å². The number of halogens is 2. The van der Waals surface area contributed by atoms with Crippen LogP contribution >= 0.6 is 0 Å². The Hall–Kier alpha value is -4.06. The summed E-state index contributed by atoms with van der Waals surface area (Å²) in [6, 6.07) is 8.81. The fraction of sp³-hybridized carbons (Fsp3) is 0.419. The van der Waals surface area contributed by atoms with Crippen LogP contribution in [0.2, 0.25) is 0 Å². The number of carbonyl (C=O) groups excluding carboxylic acids is 1. The van der Waals surface area contributed by atoms with Gasteiger partial charge in [0.2, 0.25) is 5.43 Å². The minimum Gasteiger partial charge on any atom is -0.355 e. The second-order valence-electron chi connectivity index (χ2n) is 11.7. The van der Waals surface area contributed by atoms with E-state index in [-0.39, 0.29) is 28.2 Å². The number of allylic oxidation sites excluding steroid dienone is 2. The standard InChI is InChI=1S/C31H29F2N5O2/c32-20-4-7-27(25(33)13-20)38-16-24(31(40)35-26-12-18-10-19-3-5-21(26)23(19)11-18)29(39)22-6-8-28(36-30(22)38)37-9-1-2-17(14-34)15-37/h4,6-8,13,16-19,23H,1-3,5,9-12,15H2,(H,35,40). The lowest BCUT2D eigenvalue weighted by Gasteiger charge is -2.30. The van der Waals surface area contributed by atoms with Crippen molar-refractivity contribution in [3.05, 3.63) is 75.2 Å². The van der Waals surface area contributed by atoms with Crippen molar-refractivity contribution in [3.8, 4) is 11.8 Å². The zero-order chi connectivity index (χ0) is 27.5. The topological polar surface area (TPSA) is 91.0 Å². The molecule has 0 spiro atoms. The van der Waals surface area contributed by atoms with Crippen LogP contribution in [0.15, 0.2) is 52.6 Å². The number of pyridine rings is 2. The summed E-state index contributed by atoms with van der Waals surface area (Å²) in [6.45, 7) is 1.21. The largest absolute Gasteiger partial charge is 0.355 e. The summed E-state index contributed by atoms with van der Waals surface area (Å²) in [5, 5.41) is 12.6. The molecule has 2 bridgehead atoms. The zero-order valence-corrected chi connectivity index (χ0v) is 22.0. The van der Waals surface area contributed by atoms with E-state index in [2.05, 4.69) is 11.4 Å². The fourth-order valence-corrected chi connectivity index (χ4v) is 7.49. The summed E-state index contributed by atoms with van der Waals surface area (Å²) in [5.41, 5.74) is 1.80. The first-order valence-electron chi connectivity index (χ1n) is 14.1. The number of carbonyl (C=O) groups is 1. The molecule has 204 valence electrons. The van der Waals surface area contributed by atoms with Crippen LogP contribution < -0.4 is 15.6 Å². The van der Waals surface area contributed by atoms with E-state index in [9.17, 15) is 19.2 Å². The third-order valence-corrected chi connectivity index (χ3v) is 9.35. The van der Waals surface area contributed by atoms with Gasteiger partial charge >= 0.3 is 0 Å². The lowest BCUT2D eigenvalue weighted by atomic mass is 9.86. The molecule has 1 N–H and O–H groups in total. The summed E-state index contributed by atoms with van der Waals surface area (Å²) in [5.74, 6) is 0.142. The number of amides is 1. The minimum atomic E-state index is -0.836. The van der Waals surface area contributed by atoms with Gasteiger partial charge in [0.25, 0.3) is 5.91 Å². The van der Waals surface area contributed by atoms with Crippen LogP contribution in [0.5, 0.6) is 0 Å². The number of nitrogens with zero attached hydrogens (tertiary/aromatic N) is 4. The Labute approximate surface area is 230 Å². The van der Waals surface area contributed by atoms with Crippen molar-refractivity contribution in [2.75, 3.05) is 18.0 Å². The van der Waals surface area contributed by atoms with Crippen molar-refractivity contribution in [1.29, 1.82) is 5.26 Å². The van der Waals surface area contributed by atoms with Crippen LogP contribution in [0, 0.1) is 46.6 Å². The third kappa shape index (κ3) is 4.09. The Morgan fingerprint density at radius 1 is 1.15 bits per heavy atom. The van der Waals surface area contributed by atoms with Crippen LogP contribution in [0.3, 0.4) is 0 Å². The van der Waals surface area contributed by atoms with Gasteiger partial charge < -0.3 is 10.2 Å². The molecule has 3 aliphatic carbocycles. The predicted molar refractivity (Wildman–Crippen MR) is 146 cm³/mol. The second-order valence-corrected chi connectivity index (χ2v) is 11.7. The van der Waals surface area contributed by atoms with Crippen molar-refractivity contribution in [2.24, 2.45) is 23.7 Å². The van der Waals surface area contributed by atoms with Crippen LogP contribution in [0.4, 0.5) is 14.6 Å². The molecule has 0 radical (unpaired) electrons. The van der Waals surface area contributed by atoms with Crippen molar-refractivity contribution in [1.82, 2.24) is 14.9 Å². The molecule has 1 aliphatic heterocycles. The Morgan fingerprint density at radius 3 is 2.85 bits per heavy atom. The Balaban J connectivity index is 1.33. The van der Waals surface area contributed by atoms with Gasteiger partial charge in [-0.25, -0.2) is 13.8 Å². The number of anilines is 1. The molecule has 4 aliphatic rings. The van der Waals surface area contributed by atoms with Gasteiger partial charge in [-0.15, -0.1) is 0 Å². The molecule has 40 heavy (non-hydrogen) atoms. The fourth-order valence-electron chi connectivity index (χ4n) is 7.49. The molecule has 4 unspecified atom stereocenters. The van der Waals surface area contributed by atoms with E-state index in [1.165, 1.54) is 35.2 Å². The molecule has 1 amide bonds. The average molecular weight is 542 g/mol. The first kappa shape index (κ1) is 24.9. The van der Waals surface area contributed by atoms with Gasteiger partial charge in [0, 0.05) is 31.0 Å². The molecule has 9 heteroatoms. The number of rotatable bonds is 4. The predicted octanol–water partition coefficient (Wildman–Crippen LogP) is 5.23. The van der Waals surface area contributed by atoms with Crippen molar-refractivity contribution >= 4 is 22.8 Å². The van der Waals surface area contributed by atoms with E-state index >= 15 is 4.39 Å². The van der Waals surface area contributed by atoms with E-state index in [0.29, 0.717) is 36.7 Å². The quantitative estimate of drug-likeness (QED) is 0.489. The average Bonchev–Trinajstić information content (AvgIpc) is 3.50. The molecule has 3 aromatic rings. The maximum atomic E-state index is 15.1. The summed E-state index contributed by atoms with van der Waals surface area (Å²) in [7, 11) is 0. The molecule has 7 nitrogen and oxygen atoms in total. The molecule has 1 aromatic carbocycles. The van der Waals surface area contributed by atoms with Gasteiger partial charge in [-0.05, 0) is 92.5 Å². The lowest BCUT2D eigenvalue weighted by molar-refractivity contribution is 0.0960. The second kappa shape index (κ2) is 9.54. The van der Waals surface area contributed by atoms with Gasteiger partial charge in [-0.1, -0.05) is 0 Å². The highest BCUT2D eigenvalue weighted by Gasteiger charge is 2.45. The lowest BCUT2D eigenvalue weighted by Crippen LogP contribution is -2.35. The number of hydrogen-bond acceptors (Lipinski definition) is 5. The maximum Gasteiger partial charge on any atom is 0.260 e. The number of nitriles is 1. The highest BCUT2D eigenvalue weighted by molar-refractivity contribution is 5.98. The maximum absolute atomic E-state index is 15.1. The molecule has 2 saturated carbocycles. The number of nitrogens with one attached hydrogen (secondary N) is 1. The number of benzene rings is 1. The van der Waals surface area contributed by atoms with Gasteiger partial charge in [-0.2, -0.15) is 5.26 Å². The first-order valence-corrected chi connectivity index (χ1v) is 14.1. The van der Waals surface area contributed by atoms with E-state index in [4.69, 9.17) is 4.98 Å². The molecule has 3 fully saturated rings. The minimum absolute atomic E-state index is 0.0185. The summed E-state index contributed by atoms with van der Waals surface area (Å²) >= 11 is 0. The summed E-state index contributed by atoms with van der Waals surface area (Å²) in [6.07, 6.45) is 8.29. The van der Waals surface area contributed by atoms with Gasteiger partial charge in [-0.3, -0.25) is 14.2 Å². The van der Waals surface area contributed by atoms with E-state index in [1.54, 1.807) is 12.1 Å². The number of aromatic nitrogens is 2. The van der Waals surface area contributed by atoms with Gasteiger partial charge in [0.15, 0.2) is 5.65 Å². The molecular weight excluding hydrogens is 512 g/mol.